The summed E-state index contributed by atoms with van der Waals surface area (Å²) in [6.45, 7) is 11.8. The Morgan fingerprint density at radius 3 is 1.25 bits per heavy atom. The third-order valence-corrected chi connectivity index (χ3v) is 11.5. The van der Waals surface area contributed by atoms with E-state index in [1.165, 1.54) is 174 Å². The smallest absolute Gasteiger partial charge is 0.466 e. The van der Waals surface area contributed by atoms with E-state index in [1.54, 1.807) is 4.90 Å². The van der Waals surface area contributed by atoms with Crippen LogP contribution in [-0.2, 0) is 19.0 Å². The molecule has 0 radical (unpaired) electrons. The SMILES string of the molecule is CCCCCCCCCCCC(CCCCCC)OC(=O)OCCCCCCCC[NH+](CCCCCO)CCCCCCCCOC(=O)CCCCCCCC. The maximum atomic E-state index is 12.5. The number of aliphatic hydroxyl groups excluding tert-OH is 1. The summed E-state index contributed by atoms with van der Waals surface area (Å²) in [5.74, 6) is -0.0120. The number of carbonyl (C=O) groups is 2. The highest BCUT2D eigenvalue weighted by Gasteiger charge is 2.15. The van der Waals surface area contributed by atoms with Crippen LogP contribution in [0.25, 0.3) is 0 Å². The maximum absolute atomic E-state index is 12.5. The fourth-order valence-electron chi connectivity index (χ4n) is 7.78. The van der Waals surface area contributed by atoms with Crippen molar-refractivity contribution in [2.45, 2.75) is 264 Å². The highest BCUT2D eigenvalue weighted by atomic mass is 16.7. The van der Waals surface area contributed by atoms with E-state index >= 15 is 0 Å². The molecule has 0 aliphatic heterocycles. The molecule has 0 aromatic heterocycles. The molecular formula is C49H98NO6+. The predicted octanol–water partition coefficient (Wildman–Crippen LogP) is 13.4. The largest absolute Gasteiger partial charge is 0.508 e. The van der Waals surface area contributed by atoms with Gasteiger partial charge in [-0.15, -0.1) is 0 Å². The van der Waals surface area contributed by atoms with Crippen molar-refractivity contribution in [2.24, 2.45) is 0 Å². The number of unbranched alkanes of at least 4 members (excludes halogenated alkanes) is 28. The Balaban J connectivity index is 4.05. The van der Waals surface area contributed by atoms with Crippen LogP contribution < -0.4 is 4.90 Å². The van der Waals surface area contributed by atoms with Crippen LogP contribution in [-0.4, -0.2) is 62.8 Å². The summed E-state index contributed by atoms with van der Waals surface area (Å²) in [6.07, 6.45) is 43.4. The number of esters is 1. The summed E-state index contributed by atoms with van der Waals surface area (Å²) in [4.78, 5) is 26.2. The van der Waals surface area contributed by atoms with Crippen molar-refractivity contribution in [1.29, 1.82) is 0 Å². The van der Waals surface area contributed by atoms with Gasteiger partial charge in [-0.1, -0.05) is 162 Å². The first-order chi connectivity index (χ1) is 27.6. The van der Waals surface area contributed by atoms with Crippen LogP contribution in [0, 0.1) is 0 Å². The second-order valence-corrected chi connectivity index (χ2v) is 17.1. The van der Waals surface area contributed by atoms with Gasteiger partial charge < -0.3 is 24.2 Å². The summed E-state index contributed by atoms with van der Waals surface area (Å²) >= 11 is 0. The molecule has 0 saturated heterocycles. The molecule has 2 atom stereocenters. The van der Waals surface area contributed by atoms with Crippen molar-refractivity contribution in [3.8, 4) is 0 Å². The minimum atomic E-state index is -0.458. The van der Waals surface area contributed by atoms with Gasteiger partial charge in [0.15, 0.2) is 0 Å². The molecule has 334 valence electrons. The average molecular weight is 797 g/mol. The van der Waals surface area contributed by atoms with E-state index in [9.17, 15) is 14.7 Å². The van der Waals surface area contributed by atoms with Crippen LogP contribution in [0.1, 0.15) is 258 Å². The molecule has 56 heavy (non-hydrogen) atoms. The minimum absolute atomic E-state index is 0.00826. The minimum Gasteiger partial charge on any atom is -0.466 e. The van der Waals surface area contributed by atoms with E-state index in [2.05, 4.69) is 20.8 Å². The van der Waals surface area contributed by atoms with Crippen LogP contribution in [0.3, 0.4) is 0 Å². The summed E-state index contributed by atoms with van der Waals surface area (Å²) in [5.41, 5.74) is 0. The molecule has 0 aromatic carbocycles. The van der Waals surface area contributed by atoms with Gasteiger partial charge in [0.2, 0.25) is 0 Å². The van der Waals surface area contributed by atoms with Gasteiger partial charge in [-0.2, -0.15) is 0 Å². The van der Waals surface area contributed by atoms with E-state index < -0.39 is 6.16 Å². The van der Waals surface area contributed by atoms with Crippen molar-refractivity contribution >= 4 is 12.1 Å². The van der Waals surface area contributed by atoms with E-state index in [4.69, 9.17) is 14.2 Å². The molecule has 0 spiro atoms. The summed E-state index contributed by atoms with van der Waals surface area (Å²) < 4.78 is 16.8. The second kappa shape index (κ2) is 46.4. The summed E-state index contributed by atoms with van der Waals surface area (Å²) in [5, 5.41) is 9.20. The van der Waals surface area contributed by atoms with Gasteiger partial charge in [-0.05, 0) is 89.9 Å². The first-order valence-electron chi connectivity index (χ1n) is 25.0. The van der Waals surface area contributed by atoms with Gasteiger partial charge in [-0.25, -0.2) is 4.79 Å². The molecule has 0 heterocycles. The zero-order valence-corrected chi connectivity index (χ0v) is 38.0. The Kier molecular flexibility index (Phi) is 45.2. The standard InChI is InChI=1S/C49H97NO6/c1-4-7-10-13-15-16-17-22-30-39-47(38-29-12-9-6-3)56-49(53)55-46-37-27-21-19-25-33-42-50(43-34-28-35-44-51)41-32-24-18-20-26-36-45-54-48(52)40-31-23-14-11-8-5-2/h47,51H,4-46H2,1-3H3/p+1. The van der Waals surface area contributed by atoms with Crippen molar-refractivity contribution in [1.82, 2.24) is 0 Å². The molecule has 0 aromatic rings. The van der Waals surface area contributed by atoms with Crippen LogP contribution in [0.4, 0.5) is 4.79 Å². The zero-order valence-electron chi connectivity index (χ0n) is 38.0. The molecule has 2 unspecified atom stereocenters. The molecule has 0 amide bonds. The monoisotopic (exact) mass is 797 g/mol. The van der Waals surface area contributed by atoms with Crippen LogP contribution >= 0.6 is 0 Å². The fraction of sp³-hybridized carbons (Fsp3) is 0.959. The highest BCUT2D eigenvalue weighted by Crippen LogP contribution is 2.18. The van der Waals surface area contributed by atoms with Crippen molar-refractivity contribution in [2.75, 3.05) is 39.5 Å². The van der Waals surface area contributed by atoms with Gasteiger partial charge in [0, 0.05) is 13.0 Å². The third kappa shape index (κ3) is 42.3. The third-order valence-electron chi connectivity index (χ3n) is 11.5. The number of aliphatic hydroxyl groups is 1. The predicted molar refractivity (Wildman–Crippen MR) is 238 cm³/mol. The number of quaternary nitrogens is 1. The average Bonchev–Trinajstić information content (AvgIpc) is 3.19. The number of rotatable bonds is 46. The van der Waals surface area contributed by atoms with Gasteiger partial charge in [-0.3, -0.25) is 4.79 Å². The Hall–Kier alpha value is -1.34. The van der Waals surface area contributed by atoms with Gasteiger partial charge in [0.1, 0.15) is 6.10 Å². The molecule has 0 rings (SSSR count). The molecule has 0 fully saturated rings. The number of nitrogens with one attached hydrogen (secondary N) is 1. The Morgan fingerprint density at radius 2 is 0.786 bits per heavy atom. The van der Waals surface area contributed by atoms with Crippen LogP contribution in [0.15, 0.2) is 0 Å². The molecule has 7 heteroatoms. The number of hydrogen-bond acceptors (Lipinski definition) is 6. The Labute approximate surface area is 348 Å². The van der Waals surface area contributed by atoms with Gasteiger partial charge in [0.05, 0.1) is 32.8 Å². The first-order valence-corrected chi connectivity index (χ1v) is 25.0. The molecular weight excluding hydrogens is 699 g/mol. The molecule has 0 bridgehead atoms. The quantitative estimate of drug-likeness (QED) is 0.0471. The highest BCUT2D eigenvalue weighted by molar-refractivity contribution is 5.69. The van der Waals surface area contributed by atoms with E-state index in [0.29, 0.717) is 26.2 Å². The van der Waals surface area contributed by atoms with Gasteiger partial charge in [0.25, 0.3) is 0 Å². The van der Waals surface area contributed by atoms with Crippen molar-refractivity contribution < 1.29 is 33.8 Å². The number of carbonyl (C=O) groups excluding carboxylic acids is 2. The van der Waals surface area contributed by atoms with E-state index in [1.807, 2.05) is 0 Å². The summed E-state index contributed by atoms with van der Waals surface area (Å²) in [6, 6.07) is 0. The Morgan fingerprint density at radius 1 is 0.429 bits per heavy atom. The Bertz CT molecular complexity index is 795. The lowest BCUT2D eigenvalue weighted by Gasteiger charge is -2.19. The fourth-order valence-corrected chi connectivity index (χ4v) is 7.78. The lowest BCUT2D eigenvalue weighted by molar-refractivity contribution is -0.900. The van der Waals surface area contributed by atoms with Gasteiger partial charge >= 0.3 is 12.1 Å². The number of hydrogen-bond donors (Lipinski definition) is 2. The van der Waals surface area contributed by atoms with E-state index in [0.717, 1.165) is 77.0 Å². The lowest BCUT2D eigenvalue weighted by Crippen LogP contribution is -3.12. The van der Waals surface area contributed by atoms with Crippen LogP contribution in [0.2, 0.25) is 0 Å². The summed E-state index contributed by atoms with van der Waals surface area (Å²) in [7, 11) is 0. The molecule has 0 saturated carbocycles. The molecule has 2 N–H and O–H groups in total. The topological polar surface area (TPSA) is 86.5 Å². The molecule has 7 nitrogen and oxygen atoms in total. The normalized spacial score (nSPS) is 12.5. The first kappa shape index (κ1) is 54.7. The molecule has 0 aliphatic carbocycles. The lowest BCUT2D eigenvalue weighted by atomic mass is 10.0. The molecule has 0 aliphatic rings. The van der Waals surface area contributed by atoms with Crippen LogP contribution in [0.5, 0.6) is 0 Å². The van der Waals surface area contributed by atoms with E-state index in [-0.39, 0.29) is 12.1 Å². The zero-order chi connectivity index (χ0) is 40.8. The van der Waals surface area contributed by atoms with Crippen molar-refractivity contribution in [3.05, 3.63) is 0 Å². The maximum Gasteiger partial charge on any atom is 0.508 e. The van der Waals surface area contributed by atoms with Crippen molar-refractivity contribution in [3.63, 3.8) is 0 Å². The number of ether oxygens (including phenoxy) is 3. The second-order valence-electron chi connectivity index (χ2n) is 17.1.